The Kier molecular flexibility index (Phi) is 4.97. The highest BCUT2D eigenvalue weighted by molar-refractivity contribution is 5.79. The summed E-state index contributed by atoms with van der Waals surface area (Å²) in [5.41, 5.74) is 3.32. The topological polar surface area (TPSA) is 61.0 Å². The lowest BCUT2D eigenvalue weighted by molar-refractivity contribution is -0.124. The van der Waals surface area contributed by atoms with Gasteiger partial charge in [0, 0.05) is 13.1 Å². The minimum atomic E-state index is 0.0788. The molecule has 2 aromatic carbocycles. The summed E-state index contributed by atoms with van der Waals surface area (Å²) in [5, 5.41) is 3.09. The third-order valence-corrected chi connectivity index (χ3v) is 5.01. The summed E-state index contributed by atoms with van der Waals surface area (Å²) in [6.45, 7) is 3.20. The summed E-state index contributed by atoms with van der Waals surface area (Å²) >= 11 is 0. The lowest BCUT2D eigenvalue weighted by Crippen LogP contribution is -2.34. The Bertz CT molecular complexity index is 841. The molecule has 1 saturated heterocycles. The van der Waals surface area contributed by atoms with Crippen molar-refractivity contribution >= 4 is 16.9 Å². The molecule has 26 heavy (non-hydrogen) atoms. The number of fused-ring (bicyclic) bond motifs is 1. The van der Waals surface area contributed by atoms with Crippen molar-refractivity contribution in [3.8, 4) is 0 Å². The Labute approximate surface area is 153 Å². The summed E-state index contributed by atoms with van der Waals surface area (Å²) < 4.78 is 0. The van der Waals surface area contributed by atoms with Crippen LogP contribution in [0.15, 0.2) is 54.6 Å². The third kappa shape index (κ3) is 3.94. The summed E-state index contributed by atoms with van der Waals surface area (Å²) in [5.74, 6) is 1.22. The van der Waals surface area contributed by atoms with Crippen LogP contribution in [-0.2, 0) is 17.8 Å². The van der Waals surface area contributed by atoms with Gasteiger partial charge >= 0.3 is 0 Å². The van der Waals surface area contributed by atoms with Crippen LogP contribution in [0.4, 0.5) is 0 Å². The first-order valence-corrected chi connectivity index (χ1v) is 9.25. The van der Waals surface area contributed by atoms with E-state index in [-0.39, 0.29) is 11.8 Å². The molecular formula is C21H24N4O. The highest BCUT2D eigenvalue weighted by Crippen LogP contribution is 2.19. The van der Waals surface area contributed by atoms with Crippen LogP contribution in [0.1, 0.15) is 17.8 Å². The van der Waals surface area contributed by atoms with E-state index in [0.717, 1.165) is 49.3 Å². The molecule has 5 nitrogen and oxygen atoms in total. The van der Waals surface area contributed by atoms with E-state index < -0.39 is 0 Å². The molecule has 0 unspecified atom stereocenters. The number of para-hydroxylation sites is 2. The number of likely N-dealkylation sites (tertiary alicyclic amines) is 1. The molecule has 134 valence electrons. The molecule has 3 aromatic rings. The SMILES string of the molecule is O=C(NCCc1ccccc1)[C@@H]1CCN(Cc2nc3ccccc3[nH]2)C1. The number of rotatable bonds is 6. The Morgan fingerprint density at radius 3 is 2.81 bits per heavy atom. The first kappa shape index (κ1) is 16.8. The number of aromatic amines is 1. The second kappa shape index (κ2) is 7.70. The van der Waals surface area contributed by atoms with Gasteiger partial charge in [-0.2, -0.15) is 0 Å². The van der Waals surface area contributed by atoms with Crippen LogP contribution in [0.5, 0.6) is 0 Å². The van der Waals surface area contributed by atoms with Crippen molar-refractivity contribution in [1.29, 1.82) is 0 Å². The maximum atomic E-state index is 12.4. The van der Waals surface area contributed by atoms with Gasteiger partial charge in [0.2, 0.25) is 5.91 Å². The van der Waals surface area contributed by atoms with Gasteiger partial charge in [0.15, 0.2) is 0 Å². The predicted molar refractivity (Wildman–Crippen MR) is 103 cm³/mol. The molecule has 0 bridgehead atoms. The summed E-state index contributed by atoms with van der Waals surface area (Å²) in [7, 11) is 0. The number of benzene rings is 2. The molecule has 0 saturated carbocycles. The normalized spacial score (nSPS) is 17.6. The Morgan fingerprint density at radius 1 is 1.15 bits per heavy atom. The first-order chi connectivity index (χ1) is 12.8. The van der Waals surface area contributed by atoms with Gasteiger partial charge in [0.1, 0.15) is 5.82 Å². The second-order valence-electron chi connectivity index (χ2n) is 6.95. The number of hydrogen-bond donors (Lipinski definition) is 2. The van der Waals surface area contributed by atoms with Crippen LogP contribution in [0.25, 0.3) is 11.0 Å². The molecule has 0 aliphatic carbocycles. The summed E-state index contributed by atoms with van der Waals surface area (Å²) in [6.07, 6.45) is 1.79. The number of nitrogens with zero attached hydrogens (tertiary/aromatic N) is 2. The van der Waals surface area contributed by atoms with E-state index >= 15 is 0 Å². The number of H-pyrrole nitrogens is 1. The lowest BCUT2D eigenvalue weighted by Gasteiger charge is -2.14. The van der Waals surface area contributed by atoms with E-state index in [1.54, 1.807) is 0 Å². The smallest absolute Gasteiger partial charge is 0.224 e. The minimum absolute atomic E-state index is 0.0788. The molecule has 1 aliphatic rings. The Morgan fingerprint density at radius 2 is 1.96 bits per heavy atom. The largest absolute Gasteiger partial charge is 0.355 e. The van der Waals surface area contributed by atoms with Gasteiger partial charge in [-0.25, -0.2) is 4.98 Å². The summed E-state index contributed by atoms with van der Waals surface area (Å²) in [6, 6.07) is 18.3. The van der Waals surface area contributed by atoms with Crippen molar-refractivity contribution in [1.82, 2.24) is 20.2 Å². The molecule has 4 rings (SSSR count). The molecule has 2 heterocycles. The molecule has 0 spiro atoms. The van der Waals surface area contributed by atoms with Crippen LogP contribution in [0.2, 0.25) is 0 Å². The van der Waals surface area contributed by atoms with Gasteiger partial charge in [-0.1, -0.05) is 42.5 Å². The molecule has 1 aromatic heterocycles. The zero-order valence-corrected chi connectivity index (χ0v) is 14.8. The first-order valence-electron chi connectivity index (χ1n) is 9.25. The van der Waals surface area contributed by atoms with Gasteiger partial charge in [0.25, 0.3) is 0 Å². The second-order valence-corrected chi connectivity index (χ2v) is 6.95. The molecular weight excluding hydrogens is 324 g/mol. The van der Waals surface area contributed by atoms with Crippen LogP contribution in [0.3, 0.4) is 0 Å². The lowest BCUT2D eigenvalue weighted by atomic mass is 10.1. The number of carbonyl (C=O) groups excluding carboxylic acids is 1. The highest BCUT2D eigenvalue weighted by Gasteiger charge is 2.28. The number of hydrogen-bond acceptors (Lipinski definition) is 3. The van der Waals surface area contributed by atoms with E-state index in [4.69, 9.17) is 0 Å². The van der Waals surface area contributed by atoms with E-state index in [1.807, 2.05) is 42.5 Å². The van der Waals surface area contributed by atoms with Gasteiger partial charge < -0.3 is 10.3 Å². The fourth-order valence-electron chi connectivity index (χ4n) is 3.60. The fourth-order valence-corrected chi connectivity index (χ4v) is 3.60. The molecule has 0 radical (unpaired) electrons. The van der Waals surface area contributed by atoms with Crippen molar-refractivity contribution in [2.45, 2.75) is 19.4 Å². The van der Waals surface area contributed by atoms with Crippen molar-refractivity contribution < 1.29 is 4.79 Å². The van der Waals surface area contributed by atoms with Crippen LogP contribution in [0, 0.1) is 5.92 Å². The molecule has 5 heteroatoms. The maximum absolute atomic E-state index is 12.4. The summed E-state index contributed by atoms with van der Waals surface area (Å²) in [4.78, 5) is 22.7. The molecule has 1 fully saturated rings. The van der Waals surface area contributed by atoms with Crippen LogP contribution >= 0.6 is 0 Å². The Balaban J connectivity index is 1.25. The number of carbonyl (C=O) groups is 1. The molecule has 2 N–H and O–H groups in total. The standard InChI is InChI=1S/C21H24N4O/c26-21(22-12-10-16-6-2-1-3-7-16)17-11-13-25(14-17)15-20-23-18-8-4-5-9-19(18)24-20/h1-9,17H,10-15H2,(H,22,26)(H,23,24)/t17-/m1/s1. The van der Waals surface area contributed by atoms with Crippen molar-refractivity contribution in [3.63, 3.8) is 0 Å². The van der Waals surface area contributed by atoms with E-state index in [2.05, 4.69) is 32.3 Å². The quantitative estimate of drug-likeness (QED) is 0.720. The van der Waals surface area contributed by atoms with Crippen LogP contribution < -0.4 is 5.32 Å². The molecule has 1 atom stereocenters. The average molecular weight is 348 g/mol. The van der Waals surface area contributed by atoms with Crippen molar-refractivity contribution in [3.05, 3.63) is 66.0 Å². The van der Waals surface area contributed by atoms with Gasteiger partial charge in [0.05, 0.1) is 23.5 Å². The number of imidazole rings is 1. The fraction of sp³-hybridized carbons (Fsp3) is 0.333. The maximum Gasteiger partial charge on any atom is 0.224 e. The van der Waals surface area contributed by atoms with Gasteiger partial charge in [-0.15, -0.1) is 0 Å². The van der Waals surface area contributed by atoms with Gasteiger partial charge in [-0.3, -0.25) is 9.69 Å². The average Bonchev–Trinajstić information content (AvgIpc) is 3.29. The van der Waals surface area contributed by atoms with Crippen molar-refractivity contribution in [2.75, 3.05) is 19.6 Å². The number of amides is 1. The molecule has 1 amide bonds. The zero-order chi connectivity index (χ0) is 17.8. The number of aromatic nitrogens is 2. The highest BCUT2D eigenvalue weighted by atomic mass is 16.1. The van der Waals surface area contributed by atoms with E-state index in [1.165, 1.54) is 5.56 Å². The van der Waals surface area contributed by atoms with E-state index in [0.29, 0.717) is 6.54 Å². The van der Waals surface area contributed by atoms with E-state index in [9.17, 15) is 4.79 Å². The molecule has 1 aliphatic heterocycles. The number of nitrogens with one attached hydrogen (secondary N) is 2. The Hall–Kier alpha value is -2.66. The zero-order valence-electron chi connectivity index (χ0n) is 14.8. The predicted octanol–water partition coefficient (Wildman–Crippen LogP) is 2.74. The van der Waals surface area contributed by atoms with Crippen molar-refractivity contribution in [2.24, 2.45) is 5.92 Å². The third-order valence-electron chi connectivity index (χ3n) is 5.01. The minimum Gasteiger partial charge on any atom is -0.355 e. The van der Waals surface area contributed by atoms with Gasteiger partial charge in [-0.05, 0) is 37.1 Å². The van der Waals surface area contributed by atoms with Crippen LogP contribution in [-0.4, -0.2) is 40.4 Å². The monoisotopic (exact) mass is 348 g/mol.